The number of carbonyl (C=O) groups is 1. The number of nitrogens with zero attached hydrogens (tertiary/aromatic N) is 1. The van der Waals surface area contributed by atoms with Crippen LogP contribution in [0.3, 0.4) is 0 Å². The summed E-state index contributed by atoms with van der Waals surface area (Å²) in [5, 5.41) is 3.05. The van der Waals surface area contributed by atoms with Crippen molar-refractivity contribution in [3.05, 3.63) is 0 Å². The van der Waals surface area contributed by atoms with Gasteiger partial charge >= 0.3 is 0 Å². The highest BCUT2D eigenvalue weighted by Gasteiger charge is 2.24. The van der Waals surface area contributed by atoms with Crippen molar-refractivity contribution in [3.63, 3.8) is 0 Å². The van der Waals surface area contributed by atoms with E-state index in [2.05, 4.69) is 45.1 Å². The Hall–Kier alpha value is 0.160. The van der Waals surface area contributed by atoms with Crippen LogP contribution < -0.4 is 5.32 Å². The van der Waals surface area contributed by atoms with E-state index in [4.69, 9.17) is 0 Å². The lowest BCUT2D eigenvalue weighted by molar-refractivity contribution is -0.126. The Labute approximate surface area is 100 Å². The van der Waals surface area contributed by atoms with Crippen LogP contribution in [0, 0.1) is 5.92 Å². The molecule has 1 amide bonds. The summed E-state index contributed by atoms with van der Waals surface area (Å²) in [5.74, 6) is 0.499. The van der Waals surface area contributed by atoms with Gasteiger partial charge in [-0.2, -0.15) is 0 Å². The zero-order chi connectivity index (χ0) is 10.6. The summed E-state index contributed by atoms with van der Waals surface area (Å²) >= 11 is 2.32. The van der Waals surface area contributed by atoms with E-state index in [1.807, 2.05) is 0 Å². The lowest BCUT2D eigenvalue weighted by Gasteiger charge is -2.27. The molecule has 1 atom stereocenters. The summed E-state index contributed by atoms with van der Waals surface area (Å²) in [4.78, 5) is 11.7. The first kappa shape index (κ1) is 12.2. The molecule has 0 spiro atoms. The van der Waals surface area contributed by atoms with Crippen molar-refractivity contribution in [2.24, 2.45) is 5.92 Å². The standard InChI is InChI=1S/C10H19IN2O/c1-3-8(2)12-10(14)9-4-6-13(11)7-5-9/h8-9H,3-7H2,1-2H3,(H,12,14). The molecule has 0 radical (unpaired) electrons. The zero-order valence-electron chi connectivity index (χ0n) is 8.92. The Morgan fingerprint density at radius 3 is 2.64 bits per heavy atom. The Morgan fingerprint density at radius 1 is 1.57 bits per heavy atom. The number of piperidine rings is 1. The molecule has 1 fully saturated rings. The van der Waals surface area contributed by atoms with Crippen molar-refractivity contribution in [1.29, 1.82) is 0 Å². The molecule has 14 heavy (non-hydrogen) atoms. The molecule has 0 aliphatic carbocycles. The minimum atomic E-state index is 0.245. The fourth-order valence-electron chi connectivity index (χ4n) is 1.57. The maximum Gasteiger partial charge on any atom is 0.223 e. The second kappa shape index (κ2) is 5.90. The van der Waals surface area contributed by atoms with Gasteiger partial charge in [0, 0.05) is 47.9 Å². The predicted molar refractivity (Wildman–Crippen MR) is 66.2 cm³/mol. The van der Waals surface area contributed by atoms with Crippen molar-refractivity contribution >= 4 is 28.8 Å². The van der Waals surface area contributed by atoms with Gasteiger partial charge in [-0.1, -0.05) is 6.92 Å². The summed E-state index contributed by atoms with van der Waals surface area (Å²) < 4.78 is 2.25. The summed E-state index contributed by atoms with van der Waals surface area (Å²) in [6, 6.07) is 0.320. The number of carbonyl (C=O) groups excluding carboxylic acids is 1. The van der Waals surface area contributed by atoms with Gasteiger partial charge in [0.05, 0.1) is 0 Å². The van der Waals surface area contributed by atoms with Crippen LogP contribution in [0.5, 0.6) is 0 Å². The average Bonchev–Trinajstić information content (AvgIpc) is 2.18. The van der Waals surface area contributed by atoms with Gasteiger partial charge in [0.25, 0.3) is 0 Å². The maximum atomic E-state index is 11.7. The van der Waals surface area contributed by atoms with Crippen molar-refractivity contribution in [2.45, 2.75) is 39.2 Å². The molecule has 3 nitrogen and oxygen atoms in total. The lowest BCUT2D eigenvalue weighted by Crippen LogP contribution is -2.40. The zero-order valence-corrected chi connectivity index (χ0v) is 11.1. The highest BCUT2D eigenvalue weighted by atomic mass is 127. The van der Waals surface area contributed by atoms with Gasteiger partial charge in [-0.05, 0) is 26.2 Å². The van der Waals surface area contributed by atoms with Crippen LogP contribution in [-0.4, -0.2) is 28.2 Å². The SMILES string of the molecule is CCC(C)NC(=O)C1CCN(I)CC1. The molecule has 1 unspecified atom stereocenters. The second-order valence-corrected chi connectivity index (χ2v) is 5.37. The highest BCUT2D eigenvalue weighted by molar-refractivity contribution is 14.1. The quantitative estimate of drug-likeness (QED) is 0.638. The van der Waals surface area contributed by atoms with Crippen LogP contribution in [-0.2, 0) is 4.79 Å². The van der Waals surface area contributed by atoms with Crippen LogP contribution >= 0.6 is 22.9 Å². The Bertz CT molecular complexity index is 191. The third kappa shape index (κ3) is 3.73. The van der Waals surface area contributed by atoms with Crippen LogP contribution in [0.2, 0.25) is 0 Å². The molecular weight excluding hydrogens is 291 g/mol. The summed E-state index contributed by atoms with van der Waals surface area (Å²) in [7, 11) is 0. The molecule has 0 aromatic heterocycles. The molecule has 0 aromatic rings. The van der Waals surface area contributed by atoms with Crippen molar-refractivity contribution < 1.29 is 4.79 Å². The highest BCUT2D eigenvalue weighted by Crippen LogP contribution is 2.19. The first-order chi connectivity index (χ1) is 6.63. The van der Waals surface area contributed by atoms with E-state index in [0.29, 0.717) is 6.04 Å². The fourth-order valence-corrected chi connectivity index (χ4v) is 2.13. The minimum Gasteiger partial charge on any atom is -0.353 e. The second-order valence-electron chi connectivity index (χ2n) is 4.00. The molecule has 1 aliphatic heterocycles. The number of rotatable bonds is 3. The molecule has 4 heteroatoms. The average molecular weight is 310 g/mol. The molecule has 0 bridgehead atoms. The number of nitrogens with one attached hydrogen (secondary N) is 1. The van der Waals surface area contributed by atoms with Gasteiger partial charge in [-0.3, -0.25) is 4.79 Å². The Balaban J connectivity index is 2.30. The molecule has 1 rings (SSSR count). The first-order valence-electron chi connectivity index (χ1n) is 5.34. The third-order valence-electron chi connectivity index (χ3n) is 2.81. The van der Waals surface area contributed by atoms with Gasteiger partial charge in [-0.25, -0.2) is 3.11 Å². The molecule has 1 aliphatic rings. The minimum absolute atomic E-state index is 0.245. The van der Waals surface area contributed by atoms with Crippen molar-refractivity contribution in [3.8, 4) is 0 Å². The van der Waals surface area contributed by atoms with E-state index in [0.717, 1.165) is 32.4 Å². The molecule has 0 aromatic carbocycles. The van der Waals surface area contributed by atoms with Crippen molar-refractivity contribution in [1.82, 2.24) is 8.43 Å². The van der Waals surface area contributed by atoms with E-state index in [1.54, 1.807) is 0 Å². The maximum absolute atomic E-state index is 11.7. The number of halogens is 1. The van der Waals surface area contributed by atoms with Gasteiger partial charge in [-0.15, -0.1) is 0 Å². The van der Waals surface area contributed by atoms with Crippen LogP contribution in [0.4, 0.5) is 0 Å². The van der Waals surface area contributed by atoms with E-state index in [-0.39, 0.29) is 11.8 Å². The summed E-state index contributed by atoms with van der Waals surface area (Å²) in [5.41, 5.74) is 0. The molecule has 1 saturated heterocycles. The van der Waals surface area contributed by atoms with Gasteiger partial charge in [0.15, 0.2) is 0 Å². The van der Waals surface area contributed by atoms with E-state index in [1.165, 1.54) is 0 Å². The van der Waals surface area contributed by atoms with Crippen LogP contribution in [0.15, 0.2) is 0 Å². The van der Waals surface area contributed by atoms with Gasteiger partial charge in [0.1, 0.15) is 0 Å². The predicted octanol–water partition coefficient (Wildman–Crippen LogP) is 1.96. The summed E-state index contributed by atoms with van der Waals surface area (Å²) in [6.07, 6.45) is 3.02. The monoisotopic (exact) mass is 310 g/mol. The normalized spacial score (nSPS) is 21.9. The van der Waals surface area contributed by atoms with E-state index >= 15 is 0 Å². The van der Waals surface area contributed by atoms with Crippen LogP contribution in [0.25, 0.3) is 0 Å². The summed E-state index contributed by atoms with van der Waals surface area (Å²) in [6.45, 7) is 6.24. The largest absolute Gasteiger partial charge is 0.353 e. The molecule has 82 valence electrons. The first-order valence-corrected chi connectivity index (χ1v) is 6.31. The van der Waals surface area contributed by atoms with Gasteiger partial charge in [0.2, 0.25) is 5.91 Å². The molecular formula is C10H19IN2O. The number of hydrogen-bond donors (Lipinski definition) is 1. The number of amides is 1. The fraction of sp³-hybridized carbons (Fsp3) is 0.900. The van der Waals surface area contributed by atoms with E-state index < -0.39 is 0 Å². The van der Waals surface area contributed by atoms with Crippen LogP contribution in [0.1, 0.15) is 33.1 Å². The third-order valence-corrected chi connectivity index (χ3v) is 3.78. The molecule has 1 heterocycles. The topological polar surface area (TPSA) is 32.3 Å². The van der Waals surface area contributed by atoms with Gasteiger partial charge < -0.3 is 5.32 Å². The van der Waals surface area contributed by atoms with E-state index in [9.17, 15) is 4.79 Å². The number of hydrogen-bond acceptors (Lipinski definition) is 2. The Kier molecular flexibility index (Phi) is 5.15. The Morgan fingerprint density at radius 2 is 2.14 bits per heavy atom. The smallest absolute Gasteiger partial charge is 0.223 e. The molecule has 1 N–H and O–H groups in total. The molecule has 0 saturated carbocycles. The lowest BCUT2D eigenvalue weighted by atomic mass is 9.97. The van der Waals surface area contributed by atoms with Crippen molar-refractivity contribution in [2.75, 3.05) is 13.1 Å².